The molecule has 0 unspecified atom stereocenters. The van der Waals surface area contributed by atoms with Crippen LogP contribution in [-0.4, -0.2) is 25.0 Å². The highest BCUT2D eigenvalue weighted by Gasteiger charge is 2.24. The SMILES string of the molecule is O=C(c1cccc(N2CCCC2=O)c1)c1cc2cc3c(cc2o1)OCO3. The second-order valence-corrected chi connectivity index (χ2v) is 6.38. The molecule has 6 heteroatoms. The zero-order chi connectivity index (χ0) is 17.7. The number of rotatable bonds is 3. The Morgan fingerprint density at radius 1 is 1.04 bits per heavy atom. The summed E-state index contributed by atoms with van der Waals surface area (Å²) >= 11 is 0. The van der Waals surface area contributed by atoms with E-state index in [9.17, 15) is 9.59 Å². The van der Waals surface area contributed by atoms with Gasteiger partial charge >= 0.3 is 0 Å². The van der Waals surface area contributed by atoms with Gasteiger partial charge in [-0.15, -0.1) is 0 Å². The van der Waals surface area contributed by atoms with Crippen molar-refractivity contribution in [3.63, 3.8) is 0 Å². The van der Waals surface area contributed by atoms with Crippen molar-refractivity contribution in [3.05, 3.63) is 53.8 Å². The van der Waals surface area contributed by atoms with Crippen molar-refractivity contribution in [2.24, 2.45) is 0 Å². The molecule has 0 aliphatic carbocycles. The number of hydrogen-bond donors (Lipinski definition) is 0. The summed E-state index contributed by atoms with van der Waals surface area (Å²) in [5.74, 6) is 1.37. The van der Waals surface area contributed by atoms with Crippen LogP contribution in [0.3, 0.4) is 0 Å². The first-order chi connectivity index (χ1) is 12.7. The van der Waals surface area contributed by atoms with Gasteiger partial charge in [0.2, 0.25) is 18.5 Å². The molecule has 26 heavy (non-hydrogen) atoms. The molecule has 6 nitrogen and oxygen atoms in total. The number of hydrogen-bond acceptors (Lipinski definition) is 5. The van der Waals surface area contributed by atoms with Crippen LogP contribution in [0.4, 0.5) is 5.69 Å². The summed E-state index contributed by atoms with van der Waals surface area (Å²) in [6.45, 7) is 0.877. The van der Waals surface area contributed by atoms with Gasteiger partial charge in [0.1, 0.15) is 5.58 Å². The molecule has 1 aromatic heterocycles. The molecular weight excluding hydrogens is 334 g/mol. The van der Waals surface area contributed by atoms with Crippen LogP contribution < -0.4 is 14.4 Å². The van der Waals surface area contributed by atoms with E-state index >= 15 is 0 Å². The third-order valence-corrected chi connectivity index (χ3v) is 4.73. The molecule has 0 spiro atoms. The number of amides is 1. The van der Waals surface area contributed by atoms with Crippen LogP contribution >= 0.6 is 0 Å². The van der Waals surface area contributed by atoms with E-state index in [4.69, 9.17) is 13.9 Å². The highest BCUT2D eigenvalue weighted by Crippen LogP contribution is 2.37. The number of ether oxygens (including phenoxy) is 2. The van der Waals surface area contributed by atoms with Gasteiger partial charge in [-0.05, 0) is 30.7 Å². The Hall–Kier alpha value is -3.28. The van der Waals surface area contributed by atoms with Crippen molar-refractivity contribution >= 4 is 28.3 Å². The fourth-order valence-electron chi connectivity index (χ4n) is 3.42. The number of nitrogens with zero attached hydrogens (tertiary/aromatic N) is 1. The molecule has 1 amide bonds. The van der Waals surface area contributed by atoms with Crippen molar-refractivity contribution in [2.75, 3.05) is 18.2 Å². The quantitative estimate of drug-likeness (QED) is 0.677. The lowest BCUT2D eigenvalue weighted by atomic mass is 10.1. The van der Waals surface area contributed by atoms with Crippen LogP contribution in [0.1, 0.15) is 29.0 Å². The maximum absolute atomic E-state index is 12.9. The van der Waals surface area contributed by atoms with Gasteiger partial charge < -0.3 is 18.8 Å². The van der Waals surface area contributed by atoms with Crippen molar-refractivity contribution in [1.82, 2.24) is 0 Å². The molecule has 1 fully saturated rings. The Balaban J connectivity index is 1.50. The molecule has 0 N–H and O–H groups in total. The van der Waals surface area contributed by atoms with Crippen LogP contribution in [-0.2, 0) is 4.79 Å². The maximum atomic E-state index is 12.9. The second-order valence-electron chi connectivity index (χ2n) is 6.38. The third-order valence-electron chi connectivity index (χ3n) is 4.73. The molecule has 0 atom stereocenters. The van der Waals surface area contributed by atoms with E-state index in [-0.39, 0.29) is 24.2 Å². The molecule has 3 heterocycles. The lowest BCUT2D eigenvalue weighted by Crippen LogP contribution is -2.23. The summed E-state index contributed by atoms with van der Waals surface area (Å²) < 4.78 is 16.4. The fourth-order valence-corrected chi connectivity index (χ4v) is 3.42. The summed E-state index contributed by atoms with van der Waals surface area (Å²) in [6.07, 6.45) is 1.39. The van der Waals surface area contributed by atoms with E-state index in [0.717, 1.165) is 17.5 Å². The Kier molecular flexibility index (Phi) is 3.25. The summed E-state index contributed by atoms with van der Waals surface area (Å²) in [5, 5.41) is 0.781. The number of carbonyl (C=O) groups is 2. The van der Waals surface area contributed by atoms with Gasteiger partial charge in [-0.1, -0.05) is 12.1 Å². The number of fused-ring (bicyclic) bond motifs is 2. The van der Waals surface area contributed by atoms with Crippen molar-refractivity contribution in [1.29, 1.82) is 0 Å². The van der Waals surface area contributed by atoms with E-state index in [0.29, 0.717) is 35.6 Å². The van der Waals surface area contributed by atoms with Crippen LogP contribution in [0, 0.1) is 0 Å². The summed E-state index contributed by atoms with van der Waals surface area (Å²) in [4.78, 5) is 26.5. The van der Waals surface area contributed by atoms with E-state index in [1.807, 2.05) is 6.07 Å². The van der Waals surface area contributed by atoms with Gasteiger partial charge in [-0.2, -0.15) is 0 Å². The molecule has 5 rings (SSSR count). The molecule has 0 saturated carbocycles. The normalized spacial score (nSPS) is 15.8. The van der Waals surface area contributed by atoms with E-state index in [1.165, 1.54) is 0 Å². The smallest absolute Gasteiger partial charge is 0.231 e. The minimum atomic E-state index is -0.225. The second kappa shape index (κ2) is 5.62. The van der Waals surface area contributed by atoms with Gasteiger partial charge in [0, 0.05) is 35.7 Å². The molecule has 130 valence electrons. The zero-order valence-corrected chi connectivity index (χ0v) is 13.9. The molecular formula is C20H15NO5. The largest absolute Gasteiger partial charge is 0.454 e. The van der Waals surface area contributed by atoms with Gasteiger partial charge in [0.25, 0.3) is 0 Å². The highest BCUT2D eigenvalue weighted by atomic mass is 16.7. The predicted molar refractivity (Wildman–Crippen MR) is 93.8 cm³/mol. The highest BCUT2D eigenvalue weighted by molar-refractivity contribution is 6.10. The van der Waals surface area contributed by atoms with Crippen LogP contribution in [0.25, 0.3) is 11.0 Å². The topological polar surface area (TPSA) is 69.0 Å². The van der Waals surface area contributed by atoms with Crippen LogP contribution in [0.2, 0.25) is 0 Å². The van der Waals surface area contributed by atoms with Gasteiger partial charge in [-0.3, -0.25) is 9.59 Å². The molecule has 0 bridgehead atoms. The Bertz CT molecular complexity index is 1010. The van der Waals surface area contributed by atoms with E-state index < -0.39 is 0 Å². The molecule has 2 aliphatic heterocycles. The average Bonchev–Trinajstić information content (AvgIpc) is 3.37. The Morgan fingerprint density at radius 3 is 2.69 bits per heavy atom. The van der Waals surface area contributed by atoms with Gasteiger partial charge in [-0.25, -0.2) is 0 Å². The average molecular weight is 349 g/mol. The summed E-state index contributed by atoms with van der Waals surface area (Å²) in [6, 6.07) is 12.3. The first-order valence-electron chi connectivity index (χ1n) is 8.47. The van der Waals surface area contributed by atoms with Crippen LogP contribution in [0.15, 0.2) is 46.9 Å². The summed E-state index contributed by atoms with van der Waals surface area (Å²) in [7, 11) is 0. The minimum Gasteiger partial charge on any atom is -0.454 e. The number of benzene rings is 2. The standard InChI is InChI=1S/C20H15NO5/c22-19-5-2-6-21(19)14-4-1-3-12(7-14)20(23)18-9-13-8-16-17(25-11-24-16)10-15(13)26-18/h1,3-4,7-10H,2,5-6,11H2. The number of furan rings is 1. The van der Waals surface area contributed by atoms with Crippen molar-refractivity contribution < 1.29 is 23.5 Å². The predicted octanol–water partition coefficient (Wildman–Crippen LogP) is 3.52. The lowest BCUT2D eigenvalue weighted by Gasteiger charge is -2.16. The van der Waals surface area contributed by atoms with E-state index in [1.54, 1.807) is 41.3 Å². The number of carbonyl (C=O) groups excluding carboxylic acids is 2. The van der Waals surface area contributed by atoms with Crippen molar-refractivity contribution in [2.45, 2.75) is 12.8 Å². The number of anilines is 1. The molecule has 1 saturated heterocycles. The first-order valence-corrected chi connectivity index (χ1v) is 8.47. The third kappa shape index (κ3) is 2.34. The zero-order valence-electron chi connectivity index (χ0n) is 13.9. The maximum Gasteiger partial charge on any atom is 0.231 e. The van der Waals surface area contributed by atoms with Crippen molar-refractivity contribution in [3.8, 4) is 11.5 Å². The van der Waals surface area contributed by atoms with Gasteiger partial charge in [0.15, 0.2) is 17.3 Å². The molecule has 2 aliphatic rings. The summed E-state index contributed by atoms with van der Waals surface area (Å²) in [5.41, 5.74) is 1.81. The molecule has 0 radical (unpaired) electrons. The molecule has 3 aromatic rings. The molecule has 2 aromatic carbocycles. The lowest BCUT2D eigenvalue weighted by molar-refractivity contribution is -0.117. The monoisotopic (exact) mass is 349 g/mol. The Labute approximate surface area is 148 Å². The minimum absolute atomic E-state index is 0.0906. The fraction of sp³-hybridized carbons (Fsp3) is 0.200. The number of ketones is 1. The van der Waals surface area contributed by atoms with E-state index in [2.05, 4.69) is 0 Å². The first kappa shape index (κ1) is 15.0. The Morgan fingerprint density at radius 2 is 1.88 bits per heavy atom. The van der Waals surface area contributed by atoms with Gasteiger partial charge in [0.05, 0.1) is 0 Å². The van der Waals surface area contributed by atoms with Crippen LogP contribution in [0.5, 0.6) is 11.5 Å².